The lowest BCUT2D eigenvalue weighted by molar-refractivity contribution is -0.134. The van der Waals surface area contributed by atoms with Crippen LogP contribution in [-0.2, 0) is 4.79 Å². The Morgan fingerprint density at radius 3 is 2.89 bits per heavy atom. The topological polar surface area (TPSA) is 80.9 Å². The molecule has 0 aliphatic rings. The maximum absolute atomic E-state index is 13.1. The summed E-state index contributed by atoms with van der Waals surface area (Å²) in [5.41, 5.74) is 0.676. The summed E-state index contributed by atoms with van der Waals surface area (Å²) in [5, 5.41) is 19.4. The van der Waals surface area contributed by atoms with E-state index in [0.29, 0.717) is 10.7 Å². The molecule has 2 aromatic rings. The van der Waals surface area contributed by atoms with Crippen LogP contribution in [0.3, 0.4) is 0 Å². The van der Waals surface area contributed by atoms with Gasteiger partial charge in [0.2, 0.25) is 5.83 Å². The molecule has 18 heavy (non-hydrogen) atoms. The van der Waals surface area contributed by atoms with E-state index in [4.69, 9.17) is 16.7 Å². The average Bonchev–Trinajstić information content (AvgIpc) is 2.82. The fraction of sp³-hybridized carbons (Fsp3) is 0. The number of hydrogen-bond acceptors (Lipinski definition) is 4. The van der Waals surface area contributed by atoms with Gasteiger partial charge in [0.15, 0.2) is 0 Å². The molecule has 0 radical (unpaired) electrons. The van der Waals surface area contributed by atoms with Crippen LogP contribution in [0, 0.1) is 0 Å². The molecule has 1 aromatic heterocycles. The first kappa shape index (κ1) is 12.2. The van der Waals surface area contributed by atoms with Gasteiger partial charge in [-0.05, 0) is 34.7 Å². The van der Waals surface area contributed by atoms with Gasteiger partial charge in [0.25, 0.3) is 0 Å². The third kappa shape index (κ3) is 2.51. The third-order valence-electron chi connectivity index (χ3n) is 2.07. The molecule has 6 nitrogen and oxygen atoms in total. The Labute approximate surface area is 105 Å². The first-order valence-electron chi connectivity index (χ1n) is 4.71. The van der Waals surface area contributed by atoms with Gasteiger partial charge in [-0.3, -0.25) is 0 Å². The summed E-state index contributed by atoms with van der Waals surface area (Å²) >= 11 is 5.78. The molecule has 0 unspecified atom stereocenters. The zero-order valence-corrected chi connectivity index (χ0v) is 9.54. The Balaban J connectivity index is 2.55. The van der Waals surface area contributed by atoms with Crippen molar-refractivity contribution in [3.8, 4) is 5.69 Å². The van der Waals surface area contributed by atoms with Crippen LogP contribution in [0.1, 0.15) is 5.56 Å². The van der Waals surface area contributed by atoms with Crippen LogP contribution in [0.5, 0.6) is 0 Å². The minimum absolute atomic E-state index is 0.259. The second-order valence-corrected chi connectivity index (χ2v) is 3.69. The fourth-order valence-electron chi connectivity index (χ4n) is 1.32. The van der Waals surface area contributed by atoms with Gasteiger partial charge in [-0.2, -0.15) is 9.07 Å². The molecule has 0 fully saturated rings. The first-order chi connectivity index (χ1) is 8.58. The summed E-state index contributed by atoms with van der Waals surface area (Å²) in [6.45, 7) is 0. The van der Waals surface area contributed by atoms with Crippen LogP contribution in [0.25, 0.3) is 11.8 Å². The highest BCUT2D eigenvalue weighted by molar-refractivity contribution is 6.30. The molecule has 0 bridgehead atoms. The van der Waals surface area contributed by atoms with Crippen molar-refractivity contribution in [1.82, 2.24) is 20.2 Å². The number of rotatable bonds is 3. The van der Waals surface area contributed by atoms with E-state index in [9.17, 15) is 9.18 Å². The Kier molecular flexibility index (Phi) is 3.33. The maximum Gasteiger partial charge on any atom is 0.364 e. The Morgan fingerprint density at radius 1 is 1.50 bits per heavy atom. The average molecular weight is 269 g/mol. The largest absolute Gasteiger partial charge is 0.476 e. The molecule has 0 aliphatic carbocycles. The van der Waals surface area contributed by atoms with Crippen LogP contribution in [0.4, 0.5) is 4.39 Å². The van der Waals surface area contributed by atoms with Gasteiger partial charge in [0.1, 0.15) is 6.33 Å². The number of carbonyl (C=O) groups is 1. The van der Waals surface area contributed by atoms with Gasteiger partial charge in [0, 0.05) is 10.6 Å². The predicted molar refractivity (Wildman–Crippen MR) is 60.9 cm³/mol. The lowest BCUT2D eigenvalue weighted by Gasteiger charge is -2.05. The van der Waals surface area contributed by atoms with Crippen molar-refractivity contribution in [3.05, 3.63) is 40.9 Å². The molecule has 0 aliphatic heterocycles. The van der Waals surface area contributed by atoms with E-state index in [1.807, 2.05) is 0 Å². The molecule has 0 atom stereocenters. The zero-order chi connectivity index (χ0) is 13.1. The summed E-state index contributed by atoms with van der Waals surface area (Å²) in [6, 6.07) is 4.54. The quantitative estimate of drug-likeness (QED) is 0.857. The number of aliphatic carboxylic acids is 1. The molecule has 92 valence electrons. The van der Waals surface area contributed by atoms with Crippen LogP contribution >= 0.6 is 11.6 Å². The van der Waals surface area contributed by atoms with Gasteiger partial charge in [0.05, 0.1) is 5.69 Å². The number of nitrogens with zero attached hydrogens (tertiary/aromatic N) is 4. The molecular weight excluding hydrogens is 263 g/mol. The van der Waals surface area contributed by atoms with E-state index in [0.717, 1.165) is 6.08 Å². The molecule has 0 saturated carbocycles. The van der Waals surface area contributed by atoms with Crippen LogP contribution < -0.4 is 0 Å². The molecule has 0 saturated heterocycles. The molecule has 0 amide bonds. The Morgan fingerprint density at radius 2 is 2.28 bits per heavy atom. The molecule has 8 heteroatoms. The van der Waals surface area contributed by atoms with E-state index in [1.165, 1.54) is 17.1 Å². The standard InChI is InChI=1S/C10H6ClFN4O2/c11-7-1-2-9(16-5-13-14-15-16)6(3-7)4-8(12)10(17)18/h1-5H,(H,17,18)/b8-4+. The van der Waals surface area contributed by atoms with Gasteiger partial charge in [-0.25, -0.2) is 4.79 Å². The van der Waals surface area contributed by atoms with Crippen molar-refractivity contribution in [2.75, 3.05) is 0 Å². The van der Waals surface area contributed by atoms with Crippen LogP contribution in [-0.4, -0.2) is 31.3 Å². The number of carboxylic acid groups (broad SMARTS) is 1. The number of tetrazole rings is 1. The summed E-state index contributed by atoms with van der Waals surface area (Å²) in [6.07, 6.45) is 2.16. The van der Waals surface area contributed by atoms with E-state index in [1.54, 1.807) is 12.1 Å². The molecule has 1 N–H and O–H groups in total. The maximum atomic E-state index is 13.1. The Hall–Kier alpha value is -2.28. The zero-order valence-electron chi connectivity index (χ0n) is 8.79. The highest BCUT2D eigenvalue weighted by Crippen LogP contribution is 2.21. The summed E-state index contributed by atoms with van der Waals surface area (Å²) in [5.74, 6) is -2.95. The van der Waals surface area contributed by atoms with Crippen molar-refractivity contribution in [2.45, 2.75) is 0 Å². The van der Waals surface area contributed by atoms with Gasteiger partial charge >= 0.3 is 5.97 Å². The number of aromatic nitrogens is 4. The normalized spacial score (nSPS) is 11.6. The van der Waals surface area contributed by atoms with E-state index < -0.39 is 11.8 Å². The van der Waals surface area contributed by atoms with Gasteiger partial charge in [-0.15, -0.1) is 5.10 Å². The minimum Gasteiger partial charge on any atom is -0.476 e. The predicted octanol–water partition coefficient (Wildman–Crippen LogP) is 1.71. The van der Waals surface area contributed by atoms with E-state index in [-0.39, 0.29) is 5.56 Å². The fourth-order valence-corrected chi connectivity index (χ4v) is 1.50. The number of hydrogen-bond donors (Lipinski definition) is 1. The third-order valence-corrected chi connectivity index (χ3v) is 2.31. The SMILES string of the molecule is O=C(O)/C(F)=C\c1cc(Cl)ccc1-n1cnnn1. The van der Waals surface area contributed by atoms with Crippen molar-refractivity contribution in [2.24, 2.45) is 0 Å². The molecular formula is C10H6ClFN4O2. The minimum atomic E-state index is -1.65. The lowest BCUT2D eigenvalue weighted by atomic mass is 10.1. The monoisotopic (exact) mass is 268 g/mol. The van der Waals surface area contributed by atoms with E-state index in [2.05, 4.69) is 15.5 Å². The second kappa shape index (κ2) is 4.92. The molecule has 0 spiro atoms. The van der Waals surface area contributed by atoms with Crippen molar-refractivity contribution in [3.63, 3.8) is 0 Å². The smallest absolute Gasteiger partial charge is 0.364 e. The van der Waals surface area contributed by atoms with Crippen molar-refractivity contribution < 1.29 is 14.3 Å². The van der Waals surface area contributed by atoms with Crippen molar-refractivity contribution in [1.29, 1.82) is 0 Å². The van der Waals surface area contributed by atoms with Crippen LogP contribution in [0.2, 0.25) is 5.02 Å². The number of carboxylic acids is 1. The Bertz CT molecular complexity index is 612. The highest BCUT2D eigenvalue weighted by atomic mass is 35.5. The summed E-state index contributed by atoms with van der Waals surface area (Å²) in [7, 11) is 0. The second-order valence-electron chi connectivity index (χ2n) is 3.25. The lowest BCUT2D eigenvalue weighted by Crippen LogP contribution is -2.00. The van der Waals surface area contributed by atoms with Gasteiger partial charge < -0.3 is 5.11 Å². The summed E-state index contributed by atoms with van der Waals surface area (Å²) < 4.78 is 14.4. The molecule has 1 heterocycles. The van der Waals surface area contributed by atoms with Gasteiger partial charge in [-0.1, -0.05) is 11.6 Å². The van der Waals surface area contributed by atoms with Crippen LogP contribution in [0.15, 0.2) is 30.4 Å². The number of benzene rings is 1. The summed E-state index contributed by atoms with van der Waals surface area (Å²) in [4.78, 5) is 10.5. The number of halogens is 2. The molecule has 2 rings (SSSR count). The van der Waals surface area contributed by atoms with Crippen molar-refractivity contribution >= 4 is 23.6 Å². The first-order valence-corrected chi connectivity index (χ1v) is 5.09. The highest BCUT2D eigenvalue weighted by Gasteiger charge is 2.10. The van der Waals surface area contributed by atoms with E-state index >= 15 is 0 Å². The molecule has 1 aromatic carbocycles.